The highest BCUT2D eigenvalue weighted by atomic mass is 19.4. The van der Waals surface area contributed by atoms with E-state index in [0.29, 0.717) is 11.3 Å². The van der Waals surface area contributed by atoms with E-state index in [9.17, 15) is 23.1 Å². The molecular formula is C17H17F3N2O2. The van der Waals surface area contributed by atoms with Crippen LogP contribution in [0.2, 0.25) is 0 Å². The third kappa shape index (κ3) is 2.91. The Morgan fingerprint density at radius 2 is 2.00 bits per heavy atom. The van der Waals surface area contributed by atoms with Crippen molar-refractivity contribution in [3.05, 3.63) is 58.9 Å². The summed E-state index contributed by atoms with van der Waals surface area (Å²) < 4.78 is 39.9. The van der Waals surface area contributed by atoms with Crippen LogP contribution in [0.4, 0.5) is 13.2 Å². The SMILES string of the molecule is Cc1[nH]ccc1C(=O)N1C[C@@H](O)C[C@H]1c1ccccc1C(F)(F)F. The average Bonchev–Trinajstić information content (AvgIpc) is 3.11. The lowest BCUT2D eigenvalue weighted by atomic mass is 9.97. The fourth-order valence-electron chi connectivity index (χ4n) is 3.22. The van der Waals surface area contributed by atoms with Crippen molar-refractivity contribution >= 4 is 5.91 Å². The number of benzene rings is 1. The minimum absolute atomic E-state index is 0.0142. The quantitative estimate of drug-likeness (QED) is 0.883. The molecule has 0 bridgehead atoms. The van der Waals surface area contributed by atoms with E-state index in [2.05, 4.69) is 4.98 Å². The Morgan fingerprint density at radius 3 is 2.62 bits per heavy atom. The molecule has 2 atom stereocenters. The summed E-state index contributed by atoms with van der Waals surface area (Å²) in [7, 11) is 0. The number of amides is 1. The zero-order chi connectivity index (χ0) is 17.5. The van der Waals surface area contributed by atoms with Crippen molar-refractivity contribution in [3.63, 3.8) is 0 Å². The van der Waals surface area contributed by atoms with Gasteiger partial charge in [0.25, 0.3) is 5.91 Å². The zero-order valence-corrected chi connectivity index (χ0v) is 13.0. The van der Waals surface area contributed by atoms with Crippen LogP contribution in [0.3, 0.4) is 0 Å². The molecule has 1 aromatic carbocycles. The van der Waals surface area contributed by atoms with E-state index in [4.69, 9.17) is 0 Å². The van der Waals surface area contributed by atoms with Crippen molar-refractivity contribution in [2.45, 2.75) is 31.7 Å². The molecule has 1 saturated heterocycles. The molecule has 0 radical (unpaired) electrons. The summed E-state index contributed by atoms with van der Waals surface area (Å²) in [6.07, 6.45) is -3.67. The standard InChI is InChI=1S/C17H17F3N2O2/c1-10-12(6-7-21-10)16(24)22-9-11(23)8-15(22)13-4-2-3-5-14(13)17(18,19)20/h2-7,11,15,21,23H,8-9H2,1H3/t11-,15-/m0/s1. The molecule has 3 rings (SSSR count). The smallest absolute Gasteiger partial charge is 0.391 e. The maximum atomic E-state index is 13.3. The molecule has 4 nitrogen and oxygen atoms in total. The molecule has 128 valence electrons. The molecule has 1 aromatic heterocycles. The summed E-state index contributed by atoms with van der Waals surface area (Å²) in [6.45, 7) is 1.73. The molecule has 1 amide bonds. The van der Waals surface area contributed by atoms with Gasteiger partial charge in [-0.2, -0.15) is 13.2 Å². The first-order chi connectivity index (χ1) is 11.3. The van der Waals surface area contributed by atoms with Crippen molar-refractivity contribution < 1.29 is 23.1 Å². The van der Waals surface area contributed by atoms with Gasteiger partial charge in [0, 0.05) is 18.4 Å². The zero-order valence-electron chi connectivity index (χ0n) is 13.0. The Hall–Kier alpha value is -2.28. The Bertz CT molecular complexity index is 754. The fourth-order valence-corrected chi connectivity index (χ4v) is 3.22. The van der Waals surface area contributed by atoms with Crippen LogP contribution in [0.25, 0.3) is 0 Å². The molecule has 2 N–H and O–H groups in total. The van der Waals surface area contributed by atoms with E-state index >= 15 is 0 Å². The maximum absolute atomic E-state index is 13.3. The predicted octanol–water partition coefficient (Wildman–Crippen LogP) is 3.29. The number of β-amino-alcohol motifs (C(OH)–C–C–N with tert-alkyl or cyclic N) is 1. The van der Waals surface area contributed by atoms with Crippen molar-refractivity contribution in [2.75, 3.05) is 6.54 Å². The lowest BCUT2D eigenvalue weighted by Crippen LogP contribution is -2.32. The van der Waals surface area contributed by atoms with Gasteiger partial charge in [0.15, 0.2) is 0 Å². The summed E-state index contributed by atoms with van der Waals surface area (Å²) in [5.74, 6) is -0.382. The van der Waals surface area contributed by atoms with Gasteiger partial charge in [-0.1, -0.05) is 18.2 Å². The number of aliphatic hydroxyl groups is 1. The van der Waals surface area contributed by atoms with Crippen LogP contribution in [0.1, 0.15) is 39.6 Å². The minimum Gasteiger partial charge on any atom is -0.391 e. The van der Waals surface area contributed by atoms with Crippen LogP contribution in [-0.4, -0.2) is 33.5 Å². The average molecular weight is 338 g/mol. The van der Waals surface area contributed by atoms with E-state index in [1.165, 1.54) is 23.1 Å². The van der Waals surface area contributed by atoms with E-state index in [1.54, 1.807) is 19.2 Å². The van der Waals surface area contributed by atoms with Crippen molar-refractivity contribution in [1.82, 2.24) is 9.88 Å². The number of halogens is 3. The third-order valence-electron chi connectivity index (χ3n) is 4.35. The van der Waals surface area contributed by atoms with Crippen LogP contribution >= 0.6 is 0 Å². The molecule has 0 saturated carbocycles. The lowest BCUT2D eigenvalue weighted by Gasteiger charge is -2.27. The van der Waals surface area contributed by atoms with Crippen LogP contribution in [0.5, 0.6) is 0 Å². The topological polar surface area (TPSA) is 56.3 Å². The fraction of sp³-hybridized carbons (Fsp3) is 0.353. The molecule has 1 fully saturated rings. The molecule has 2 heterocycles. The van der Waals surface area contributed by atoms with Crippen molar-refractivity contribution in [2.24, 2.45) is 0 Å². The summed E-state index contributed by atoms with van der Waals surface area (Å²) in [6, 6.07) is 5.99. The van der Waals surface area contributed by atoms with Crippen LogP contribution in [0, 0.1) is 6.92 Å². The highest BCUT2D eigenvalue weighted by molar-refractivity contribution is 5.95. The number of H-pyrrole nitrogens is 1. The molecule has 1 aliphatic heterocycles. The number of aromatic nitrogens is 1. The normalized spacial score (nSPS) is 21.3. The van der Waals surface area contributed by atoms with Gasteiger partial charge in [-0.05, 0) is 31.0 Å². The van der Waals surface area contributed by atoms with Crippen molar-refractivity contribution in [1.29, 1.82) is 0 Å². The number of aromatic amines is 1. The molecule has 7 heteroatoms. The molecule has 0 spiro atoms. The number of hydrogen-bond donors (Lipinski definition) is 2. The second-order valence-electron chi connectivity index (χ2n) is 5.96. The van der Waals surface area contributed by atoms with E-state index in [-0.39, 0.29) is 24.4 Å². The first kappa shape index (κ1) is 16.6. The highest BCUT2D eigenvalue weighted by Gasteiger charge is 2.41. The predicted molar refractivity (Wildman–Crippen MR) is 81.4 cm³/mol. The van der Waals surface area contributed by atoms with Gasteiger partial charge < -0.3 is 15.0 Å². The van der Waals surface area contributed by atoms with Gasteiger partial charge in [0.2, 0.25) is 0 Å². The molecule has 2 aromatic rings. The number of nitrogens with one attached hydrogen (secondary N) is 1. The number of nitrogens with zero attached hydrogens (tertiary/aromatic N) is 1. The number of aryl methyl sites for hydroxylation is 1. The van der Waals surface area contributed by atoms with Gasteiger partial charge in [-0.15, -0.1) is 0 Å². The molecule has 24 heavy (non-hydrogen) atoms. The number of likely N-dealkylation sites (tertiary alicyclic amines) is 1. The Labute approximate surface area is 136 Å². The second-order valence-corrected chi connectivity index (χ2v) is 5.96. The van der Waals surface area contributed by atoms with E-state index in [0.717, 1.165) is 6.07 Å². The number of carbonyl (C=O) groups is 1. The minimum atomic E-state index is -4.51. The Balaban J connectivity index is 2.01. The summed E-state index contributed by atoms with van der Waals surface area (Å²) >= 11 is 0. The van der Waals surface area contributed by atoms with Gasteiger partial charge in [-0.3, -0.25) is 4.79 Å². The van der Waals surface area contributed by atoms with Crippen LogP contribution < -0.4 is 0 Å². The molecule has 0 aliphatic carbocycles. The van der Waals surface area contributed by atoms with E-state index < -0.39 is 23.9 Å². The van der Waals surface area contributed by atoms with Crippen LogP contribution in [-0.2, 0) is 6.18 Å². The third-order valence-corrected chi connectivity index (χ3v) is 4.35. The number of rotatable bonds is 2. The number of carbonyl (C=O) groups excluding carboxylic acids is 1. The Morgan fingerprint density at radius 1 is 1.29 bits per heavy atom. The van der Waals surface area contributed by atoms with E-state index in [1.807, 2.05) is 0 Å². The maximum Gasteiger partial charge on any atom is 0.416 e. The van der Waals surface area contributed by atoms with Gasteiger partial charge in [0.05, 0.1) is 23.3 Å². The summed E-state index contributed by atoms with van der Waals surface area (Å²) in [5, 5.41) is 9.96. The monoisotopic (exact) mass is 338 g/mol. The molecule has 0 unspecified atom stereocenters. The second kappa shape index (κ2) is 5.98. The van der Waals surface area contributed by atoms with Gasteiger partial charge in [0.1, 0.15) is 0 Å². The molecule has 1 aliphatic rings. The van der Waals surface area contributed by atoms with Crippen molar-refractivity contribution in [3.8, 4) is 0 Å². The molecular weight excluding hydrogens is 321 g/mol. The first-order valence-electron chi connectivity index (χ1n) is 7.58. The number of hydrogen-bond acceptors (Lipinski definition) is 2. The van der Waals surface area contributed by atoms with Gasteiger partial charge in [-0.25, -0.2) is 0 Å². The summed E-state index contributed by atoms with van der Waals surface area (Å²) in [5.41, 5.74) is 0.290. The highest BCUT2D eigenvalue weighted by Crippen LogP contribution is 2.41. The summed E-state index contributed by atoms with van der Waals surface area (Å²) in [4.78, 5) is 16.9. The number of aliphatic hydroxyl groups excluding tert-OH is 1. The Kier molecular flexibility index (Phi) is 4.13. The first-order valence-corrected chi connectivity index (χ1v) is 7.58. The lowest BCUT2D eigenvalue weighted by molar-refractivity contribution is -0.138. The largest absolute Gasteiger partial charge is 0.416 e. The van der Waals surface area contributed by atoms with Gasteiger partial charge >= 0.3 is 6.18 Å². The number of alkyl halides is 3. The van der Waals surface area contributed by atoms with Crippen LogP contribution in [0.15, 0.2) is 36.5 Å².